The van der Waals surface area contributed by atoms with Gasteiger partial charge in [0.05, 0.1) is 0 Å². The fourth-order valence-corrected chi connectivity index (χ4v) is 1.67. The lowest BCUT2D eigenvalue weighted by molar-refractivity contribution is 0.102. The van der Waals surface area contributed by atoms with Gasteiger partial charge >= 0.3 is 0 Å². The van der Waals surface area contributed by atoms with Crippen molar-refractivity contribution in [2.24, 2.45) is 0 Å². The Kier molecular flexibility index (Phi) is 3.29. The third-order valence-electron chi connectivity index (χ3n) is 2.61. The minimum absolute atomic E-state index is 0.194. The lowest BCUT2D eigenvalue weighted by atomic mass is 10.1. The molecule has 2 aromatic carbocycles. The van der Waals surface area contributed by atoms with Gasteiger partial charge in [-0.1, -0.05) is 17.7 Å². The van der Waals surface area contributed by atoms with Crippen molar-refractivity contribution in [1.29, 1.82) is 0 Å². The predicted octanol–water partition coefficient (Wildman–Crippen LogP) is 2.36. The summed E-state index contributed by atoms with van der Waals surface area (Å²) in [7, 11) is 0. The minimum atomic E-state index is -0.617. The number of rotatable bonds is 2. The van der Waals surface area contributed by atoms with Crippen molar-refractivity contribution >= 4 is 11.6 Å². The summed E-state index contributed by atoms with van der Waals surface area (Å²) in [4.78, 5) is 11.9. The monoisotopic (exact) mass is 259 g/mol. The van der Waals surface area contributed by atoms with E-state index in [-0.39, 0.29) is 11.6 Å². The molecule has 0 aliphatic rings. The molecule has 98 valence electrons. The molecule has 0 spiro atoms. The number of carbonyl (C=O) groups excluding carboxylic acids is 1. The number of anilines is 1. The minimum Gasteiger partial charge on any atom is -0.504 e. The van der Waals surface area contributed by atoms with E-state index in [1.165, 1.54) is 0 Å². The summed E-state index contributed by atoms with van der Waals surface area (Å²) in [5.74, 6) is -1.99. The maximum atomic E-state index is 11.9. The highest BCUT2D eigenvalue weighted by Gasteiger charge is 2.11. The van der Waals surface area contributed by atoms with Crippen molar-refractivity contribution in [3.63, 3.8) is 0 Å². The summed E-state index contributed by atoms with van der Waals surface area (Å²) in [5.41, 5.74) is 1.61. The third kappa shape index (κ3) is 2.77. The molecule has 0 unspecified atom stereocenters. The number of aromatic hydroxyl groups is 3. The molecule has 5 nitrogen and oxygen atoms in total. The highest BCUT2D eigenvalue weighted by atomic mass is 16.3. The van der Waals surface area contributed by atoms with Gasteiger partial charge in [0, 0.05) is 23.4 Å². The van der Waals surface area contributed by atoms with E-state index < -0.39 is 17.2 Å². The number of hydrogen-bond donors (Lipinski definition) is 4. The van der Waals surface area contributed by atoms with Gasteiger partial charge < -0.3 is 20.6 Å². The highest BCUT2D eigenvalue weighted by molar-refractivity contribution is 6.04. The first kappa shape index (κ1) is 12.8. The second-order valence-corrected chi connectivity index (χ2v) is 4.19. The van der Waals surface area contributed by atoms with Crippen LogP contribution in [0.3, 0.4) is 0 Å². The number of hydrogen-bond acceptors (Lipinski definition) is 4. The van der Waals surface area contributed by atoms with E-state index >= 15 is 0 Å². The first-order valence-electron chi connectivity index (χ1n) is 5.60. The number of benzene rings is 2. The van der Waals surface area contributed by atoms with Gasteiger partial charge in [-0.2, -0.15) is 0 Å². The number of nitrogens with one attached hydrogen (secondary N) is 1. The van der Waals surface area contributed by atoms with E-state index in [0.29, 0.717) is 5.56 Å². The maximum absolute atomic E-state index is 11.9. The summed E-state index contributed by atoms with van der Waals surface area (Å²) in [5, 5.41) is 30.4. The van der Waals surface area contributed by atoms with Crippen LogP contribution in [-0.4, -0.2) is 21.2 Å². The van der Waals surface area contributed by atoms with Crippen LogP contribution in [0.15, 0.2) is 36.4 Å². The van der Waals surface area contributed by atoms with Crippen molar-refractivity contribution in [1.82, 2.24) is 0 Å². The average molecular weight is 259 g/mol. The Balaban J connectivity index is 2.24. The molecule has 0 saturated heterocycles. The molecule has 0 atom stereocenters. The molecule has 0 bridgehead atoms. The predicted molar refractivity (Wildman–Crippen MR) is 70.6 cm³/mol. The molecule has 0 aliphatic heterocycles. The van der Waals surface area contributed by atoms with Gasteiger partial charge in [0.1, 0.15) is 0 Å². The highest BCUT2D eigenvalue weighted by Crippen LogP contribution is 2.37. The summed E-state index contributed by atoms with van der Waals surface area (Å²) >= 11 is 0. The van der Waals surface area contributed by atoms with Crippen molar-refractivity contribution in [2.75, 3.05) is 5.32 Å². The second-order valence-electron chi connectivity index (χ2n) is 4.19. The molecular weight excluding hydrogens is 246 g/mol. The normalized spacial score (nSPS) is 10.2. The SMILES string of the molecule is Cc1cccc(C(=O)Nc2cc(O)c(O)c(O)c2)c1. The zero-order valence-electron chi connectivity index (χ0n) is 10.2. The second kappa shape index (κ2) is 4.89. The Morgan fingerprint density at radius 3 is 2.26 bits per heavy atom. The van der Waals surface area contributed by atoms with E-state index in [9.17, 15) is 20.1 Å². The molecule has 0 aromatic heterocycles. The van der Waals surface area contributed by atoms with Crippen molar-refractivity contribution in [2.45, 2.75) is 6.92 Å². The van der Waals surface area contributed by atoms with Crippen LogP contribution in [-0.2, 0) is 0 Å². The Morgan fingerprint density at radius 2 is 1.68 bits per heavy atom. The van der Waals surface area contributed by atoms with Gasteiger partial charge in [-0.15, -0.1) is 0 Å². The van der Waals surface area contributed by atoms with E-state index in [0.717, 1.165) is 17.7 Å². The summed E-state index contributed by atoms with van der Waals surface area (Å²) in [6, 6.07) is 9.31. The fourth-order valence-electron chi connectivity index (χ4n) is 1.67. The molecule has 19 heavy (non-hydrogen) atoms. The van der Waals surface area contributed by atoms with Crippen LogP contribution in [0.25, 0.3) is 0 Å². The third-order valence-corrected chi connectivity index (χ3v) is 2.61. The summed E-state index contributed by atoms with van der Waals surface area (Å²) in [6.07, 6.45) is 0. The number of amides is 1. The number of phenolic OH excluding ortho intramolecular Hbond substituents is 3. The van der Waals surface area contributed by atoms with Crippen molar-refractivity contribution in [3.8, 4) is 17.2 Å². The van der Waals surface area contributed by atoms with E-state index in [4.69, 9.17) is 0 Å². The standard InChI is InChI=1S/C14H13NO4/c1-8-3-2-4-9(5-8)14(19)15-10-6-11(16)13(18)12(17)7-10/h2-7,16-18H,1H3,(H,15,19). The molecule has 2 aromatic rings. The summed E-state index contributed by atoms with van der Waals surface area (Å²) < 4.78 is 0. The molecule has 0 saturated carbocycles. The smallest absolute Gasteiger partial charge is 0.255 e. The van der Waals surface area contributed by atoms with Crippen LogP contribution in [0, 0.1) is 6.92 Å². The lowest BCUT2D eigenvalue weighted by Gasteiger charge is -2.08. The molecular formula is C14H13NO4. The maximum Gasteiger partial charge on any atom is 0.255 e. The first-order valence-corrected chi connectivity index (χ1v) is 5.60. The Morgan fingerprint density at radius 1 is 1.05 bits per heavy atom. The summed E-state index contributed by atoms with van der Waals surface area (Å²) in [6.45, 7) is 1.87. The van der Waals surface area contributed by atoms with Crippen molar-refractivity contribution in [3.05, 3.63) is 47.5 Å². The van der Waals surface area contributed by atoms with Crippen LogP contribution >= 0.6 is 0 Å². The van der Waals surface area contributed by atoms with Gasteiger partial charge in [0.2, 0.25) is 0 Å². The van der Waals surface area contributed by atoms with Gasteiger partial charge in [-0.05, 0) is 19.1 Å². The van der Waals surface area contributed by atoms with Gasteiger partial charge in [-0.3, -0.25) is 4.79 Å². The fraction of sp³-hybridized carbons (Fsp3) is 0.0714. The van der Waals surface area contributed by atoms with E-state index in [1.807, 2.05) is 13.0 Å². The van der Waals surface area contributed by atoms with Crippen LogP contribution in [0.2, 0.25) is 0 Å². The molecule has 4 N–H and O–H groups in total. The zero-order chi connectivity index (χ0) is 14.0. The van der Waals surface area contributed by atoms with E-state index in [2.05, 4.69) is 5.32 Å². The molecule has 0 fully saturated rings. The van der Waals surface area contributed by atoms with Crippen LogP contribution in [0.5, 0.6) is 17.2 Å². The van der Waals surface area contributed by atoms with E-state index in [1.54, 1.807) is 18.2 Å². The molecule has 5 heteroatoms. The lowest BCUT2D eigenvalue weighted by Crippen LogP contribution is -2.11. The van der Waals surface area contributed by atoms with Crippen LogP contribution in [0.1, 0.15) is 15.9 Å². The van der Waals surface area contributed by atoms with Gasteiger partial charge in [-0.25, -0.2) is 0 Å². The molecule has 0 radical (unpaired) electrons. The molecule has 2 rings (SSSR count). The number of phenols is 3. The quantitative estimate of drug-likeness (QED) is 0.492. The Bertz CT molecular complexity index is 614. The largest absolute Gasteiger partial charge is 0.504 e. The first-order chi connectivity index (χ1) is 8.97. The zero-order valence-corrected chi connectivity index (χ0v) is 10.2. The molecule has 0 aliphatic carbocycles. The van der Waals surface area contributed by atoms with Crippen LogP contribution in [0.4, 0.5) is 5.69 Å². The Hall–Kier alpha value is -2.69. The Labute approximate surface area is 109 Å². The number of carbonyl (C=O) groups is 1. The molecule has 1 amide bonds. The molecule has 0 heterocycles. The topological polar surface area (TPSA) is 89.8 Å². The van der Waals surface area contributed by atoms with Crippen LogP contribution < -0.4 is 5.32 Å². The van der Waals surface area contributed by atoms with Gasteiger partial charge in [0.15, 0.2) is 17.2 Å². The van der Waals surface area contributed by atoms with Gasteiger partial charge in [0.25, 0.3) is 5.91 Å². The average Bonchev–Trinajstić information content (AvgIpc) is 2.36. The number of aryl methyl sites for hydroxylation is 1. The van der Waals surface area contributed by atoms with Crippen molar-refractivity contribution < 1.29 is 20.1 Å².